The molecule has 0 unspecified atom stereocenters. The second kappa shape index (κ2) is 37.0. The van der Waals surface area contributed by atoms with Gasteiger partial charge in [0.1, 0.15) is 11.5 Å². The number of rotatable bonds is 30. The van der Waals surface area contributed by atoms with E-state index >= 15 is 0 Å². The molecule has 0 heterocycles. The highest BCUT2D eigenvalue weighted by Gasteiger charge is 2.16. The summed E-state index contributed by atoms with van der Waals surface area (Å²) in [7, 11) is -4.64. The Morgan fingerprint density at radius 3 is 1.14 bits per heavy atom. The average Bonchev–Trinajstić information content (AvgIpc) is 3.11. The van der Waals surface area contributed by atoms with Crippen molar-refractivity contribution >= 4 is 7.82 Å². The van der Waals surface area contributed by atoms with Crippen molar-refractivity contribution < 1.29 is 89.2 Å². The summed E-state index contributed by atoms with van der Waals surface area (Å²) in [5, 5.41) is 42.2. The first-order valence-corrected chi connectivity index (χ1v) is 19.7. The maximum atomic E-state index is 8.88. The highest BCUT2D eigenvalue weighted by Crippen LogP contribution is 2.26. The third-order valence-electron chi connectivity index (χ3n) is 7.60. The summed E-state index contributed by atoms with van der Waals surface area (Å²) in [5.41, 5.74) is 0. The Labute approximate surface area is 301 Å². The first-order valence-electron chi connectivity index (χ1n) is 18.1. The molecule has 3 N–H and O–H groups in total. The van der Waals surface area contributed by atoms with Gasteiger partial charge in [-0.05, 0) is 58.7 Å². The molecule has 0 saturated heterocycles. The fraction of sp³-hybridized carbons (Fsp3) is 0.875. The third-order valence-corrected chi connectivity index (χ3v) is 7.60. The molecule has 2 fully saturated rings. The van der Waals surface area contributed by atoms with E-state index in [1.165, 1.54) is 64.2 Å². The molecule has 0 radical (unpaired) electrons. The van der Waals surface area contributed by atoms with E-state index in [4.69, 9.17) is 38.8 Å². The monoisotopic (exact) mass is 766 g/mol. The minimum atomic E-state index is -4.64. The summed E-state index contributed by atoms with van der Waals surface area (Å²) in [4.78, 5) is 41.0. The van der Waals surface area contributed by atoms with Crippen LogP contribution < -0.4 is 0 Å². The molecule has 0 aromatic heterocycles. The molecule has 2 rings (SSSR count). The molecule has 19 heteroatoms. The Morgan fingerprint density at radius 2 is 0.784 bits per heavy atom. The number of phosphoric acid groups is 1. The van der Waals surface area contributed by atoms with Gasteiger partial charge in [-0.3, -0.25) is 0 Å². The van der Waals surface area contributed by atoms with Gasteiger partial charge in [0.15, 0.2) is 0 Å². The lowest BCUT2D eigenvalue weighted by atomic mass is 9.98. The molecule has 0 aromatic carbocycles. The Morgan fingerprint density at radius 1 is 0.490 bits per heavy atom. The summed E-state index contributed by atoms with van der Waals surface area (Å²) >= 11 is 0. The standard InChI is InChI=1S/2C16H30O7.H3O4P/c2*1-3-4-5-6-7-9-12-15(2)17-19-21-23-22-20-18-16-13-10-8-11-14-16;1-5(2,3)4/h2*16H,2-14H2,1H3;(H3,1,2,3,4). The number of unbranched alkanes of at least 4 members (excludes halogenated alkanes) is 10. The molecular formula is C32H63O18P. The lowest BCUT2D eigenvalue weighted by Crippen LogP contribution is -2.17. The lowest BCUT2D eigenvalue weighted by Gasteiger charge is -2.18. The number of hydrogen-bond acceptors (Lipinski definition) is 15. The van der Waals surface area contributed by atoms with Crippen LogP contribution in [-0.2, 0) is 74.5 Å². The summed E-state index contributed by atoms with van der Waals surface area (Å²) in [6, 6.07) is 0. The van der Waals surface area contributed by atoms with Gasteiger partial charge in [-0.2, -0.15) is 0 Å². The van der Waals surface area contributed by atoms with Crippen LogP contribution in [0.15, 0.2) is 24.7 Å². The Balaban J connectivity index is 0.000000865. The largest absolute Gasteiger partial charge is 0.466 e. The minimum Gasteiger partial charge on any atom is -0.311 e. The highest BCUT2D eigenvalue weighted by atomic mass is 31.2. The van der Waals surface area contributed by atoms with Crippen LogP contribution in [0.3, 0.4) is 0 Å². The summed E-state index contributed by atoms with van der Waals surface area (Å²) in [6.07, 6.45) is 26.6. The van der Waals surface area contributed by atoms with Gasteiger partial charge in [-0.15, -0.1) is 0 Å². The first-order chi connectivity index (χ1) is 24.7. The molecule has 2 saturated carbocycles. The van der Waals surface area contributed by atoms with Crippen LogP contribution in [-0.4, -0.2) is 26.9 Å². The van der Waals surface area contributed by atoms with E-state index in [0.717, 1.165) is 77.0 Å². The molecule has 18 nitrogen and oxygen atoms in total. The van der Waals surface area contributed by atoms with E-state index in [-0.39, 0.29) is 12.2 Å². The van der Waals surface area contributed by atoms with Crippen molar-refractivity contribution in [3.8, 4) is 0 Å². The zero-order valence-corrected chi connectivity index (χ0v) is 31.3. The topological polar surface area (TPSA) is 207 Å². The van der Waals surface area contributed by atoms with E-state index in [1.807, 2.05) is 0 Å². The van der Waals surface area contributed by atoms with Crippen LogP contribution in [0.1, 0.15) is 168 Å². The molecule has 304 valence electrons. The van der Waals surface area contributed by atoms with Crippen LogP contribution in [0.4, 0.5) is 0 Å². The number of allylic oxidation sites excluding steroid dienone is 2. The predicted molar refractivity (Wildman–Crippen MR) is 177 cm³/mol. The van der Waals surface area contributed by atoms with Crippen molar-refractivity contribution in [3.05, 3.63) is 24.7 Å². The molecule has 0 aliphatic heterocycles. The van der Waals surface area contributed by atoms with Crippen LogP contribution in [0.2, 0.25) is 0 Å². The van der Waals surface area contributed by atoms with E-state index < -0.39 is 7.82 Å². The molecule has 2 aliphatic carbocycles. The van der Waals surface area contributed by atoms with Crippen molar-refractivity contribution in [1.82, 2.24) is 0 Å². The van der Waals surface area contributed by atoms with Crippen molar-refractivity contribution in [2.24, 2.45) is 0 Å². The quantitative estimate of drug-likeness (QED) is 0.0204. The summed E-state index contributed by atoms with van der Waals surface area (Å²) in [5.74, 6) is 0.923. The smallest absolute Gasteiger partial charge is 0.311 e. The molecule has 0 atom stereocenters. The normalized spacial score (nSPS) is 15.3. The van der Waals surface area contributed by atoms with E-state index in [9.17, 15) is 0 Å². The Bertz CT molecular complexity index is 756. The van der Waals surface area contributed by atoms with Crippen molar-refractivity contribution in [2.75, 3.05) is 0 Å². The second-order valence-electron chi connectivity index (χ2n) is 12.2. The van der Waals surface area contributed by atoms with Crippen molar-refractivity contribution in [3.63, 3.8) is 0 Å². The Hall–Kier alpha value is -1.29. The molecule has 0 bridgehead atoms. The van der Waals surface area contributed by atoms with Gasteiger partial charge >= 0.3 is 7.82 Å². The fourth-order valence-corrected chi connectivity index (χ4v) is 4.95. The average molecular weight is 767 g/mol. The molecule has 0 aromatic rings. The van der Waals surface area contributed by atoms with Gasteiger partial charge < -0.3 is 24.5 Å². The van der Waals surface area contributed by atoms with E-state index in [1.54, 1.807) is 0 Å². The predicted octanol–water partition coefficient (Wildman–Crippen LogP) is 9.45. The van der Waals surface area contributed by atoms with Gasteiger partial charge in [0, 0.05) is 43.1 Å². The summed E-state index contributed by atoms with van der Waals surface area (Å²) < 4.78 is 8.88. The van der Waals surface area contributed by atoms with Gasteiger partial charge in [-0.1, -0.05) is 130 Å². The van der Waals surface area contributed by atoms with Gasteiger partial charge in [0.05, 0.1) is 12.2 Å². The van der Waals surface area contributed by atoms with Crippen LogP contribution in [0.5, 0.6) is 0 Å². The van der Waals surface area contributed by atoms with Gasteiger partial charge in [0.25, 0.3) is 0 Å². The van der Waals surface area contributed by atoms with Crippen molar-refractivity contribution in [2.45, 2.75) is 180 Å². The SMILES string of the molecule is C=C(CCCCCCCC)OOOOOOOC1CCCCC1.C=C(CCCCCCCC)OOOOOOOC1CCCCC1.O=P(O)(O)O. The molecule has 2 aliphatic rings. The van der Waals surface area contributed by atoms with Crippen molar-refractivity contribution in [1.29, 1.82) is 0 Å². The highest BCUT2D eigenvalue weighted by molar-refractivity contribution is 7.45. The minimum absolute atomic E-state index is 0.0293. The van der Waals surface area contributed by atoms with Gasteiger partial charge in [-0.25, -0.2) is 14.3 Å². The fourth-order valence-electron chi connectivity index (χ4n) is 4.95. The molecule has 0 amide bonds. The molecule has 51 heavy (non-hydrogen) atoms. The maximum Gasteiger partial charge on any atom is 0.466 e. The zero-order chi connectivity index (χ0) is 37.7. The zero-order valence-electron chi connectivity index (χ0n) is 30.5. The van der Waals surface area contributed by atoms with Gasteiger partial charge in [0.2, 0.25) is 0 Å². The van der Waals surface area contributed by atoms with E-state index in [2.05, 4.69) is 77.4 Å². The molecular weight excluding hydrogens is 703 g/mol. The second-order valence-corrected chi connectivity index (χ2v) is 13.2. The molecule has 0 spiro atoms. The Kier molecular flexibility index (Phi) is 36.1. The summed E-state index contributed by atoms with van der Waals surface area (Å²) in [6.45, 7) is 11.8. The first kappa shape index (κ1) is 49.7. The van der Waals surface area contributed by atoms with Crippen LogP contribution in [0, 0.1) is 0 Å². The number of hydrogen-bond donors (Lipinski definition) is 3. The van der Waals surface area contributed by atoms with Crippen LogP contribution >= 0.6 is 7.82 Å². The lowest BCUT2D eigenvalue weighted by molar-refractivity contribution is -0.789. The van der Waals surface area contributed by atoms with Crippen LogP contribution in [0.25, 0.3) is 0 Å². The maximum absolute atomic E-state index is 8.88. The third kappa shape index (κ3) is 41.3. The van der Waals surface area contributed by atoms with E-state index in [0.29, 0.717) is 24.4 Å².